The van der Waals surface area contributed by atoms with Crippen molar-refractivity contribution < 1.29 is 14.6 Å². The highest BCUT2D eigenvalue weighted by atomic mass is 16.5. The van der Waals surface area contributed by atoms with Crippen molar-refractivity contribution in [3.05, 3.63) is 29.3 Å². The van der Waals surface area contributed by atoms with Gasteiger partial charge >= 0.3 is 0 Å². The zero-order valence-corrected chi connectivity index (χ0v) is 9.77. The minimum absolute atomic E-state index is 0.0718. The molecule has 0 aromatic heterocycles. The Morgan fingerprint density at radius 1 is 1.53 bits per heavy atom. The number of nitriles is 1. The van der Waals surface area contributed by atoms with E-state index in [2.05, 4.69) is 6.07 Å². The molecule has 0 aliphatic carbocycles. The van der Waals surface area contributed by atoms with Gasteiger partial charge in [-0.1, -0.05) is 0 Å². The molecule has 4 nitrogen and oxygen atoms in total. The molecule has 2 rings (SSSR count). The van der Waals surface area contributed by atoms with Crippen LogP contribution in [0.25, 0.3) is 0 Å². The quantitative estimate of drug-likeness (QED) is 0.850. The first kappa shape index (κ1) is 11.9. The summed E-state index contributed by atoms with van der Waals surface area (Å²) in [5.74, 6) is 0.753. The molecule has 1 fully saturated rings. The first-order valence-corrected chi connectivity index (χ1v) is 5.51. The second-order valence-electron chi connectivity index (χ2n) is 4.53. The molecule has 1 saturated heterocycles. The fourth-order valence-corrected chi connectivity index (χ4v) is 1.72. The lowest BCUT2D eigenvalue weighted by atomic mass is 9.88. The van der Waals surface area contributed by atoms with Gasteiger partial charge in [-0.2, -0.15) is 5.26 Å². The standard InChI is InChI=1S/C13H15NO3/c1-10-4-11(5-14)2-3-12(10)17-9-13(6-15)7-16-8-13/h2-4,15H,6-9H2,1H3. The van der Waals surface area contributed by atoms with Crippen LogP contribution in [-0.4, -0.2) is 31.5 Å². The van der Waals surface area contributed by atoms with Gasteiger partial charge in [0.25, 0.3) is 0 Å². The summed E-state index contributed by atoms with van der Waals surface area (Å²) in [6, 6.07) is 7.39. The molecule has 0 saturated carbocycles. The van der Waals surface area contributed by atoms with Crippen molar-refractivity contribution in [2.45, 2.75) is 6.92 Å². The Hall–Kier alpha value is -1.57. The van der Waals surface area contributed by atoms with Crippen molar-refractivity contribution in [2.75, 3.05) is 26.4 Å². The monoisotopic (exact) mass is 233 g/mol. The van der Waals surface area contributed by atoms with Crippen molar-refractivity contribution >= 4 is 0 Å². The molecule has 1 heterocycles. The van der Waals surface area contributed by atoms with E-state index < -0.39 is 0 Å². The molecule has 1 N–H and O–H groups in total. The van der Waals surface area contributed by atoms with Crippen LogP contribution in [0.15, 0.2) is 18.2 Å². The fourth-order valence-electron chi connectivity index (χ4n) is 1.72. The third-order valence-corrected chi connectivity index (χ3v) is 2.99. The Morgan fingerprint density at radius 2 is 2.29 bits per heavy atom. The van der Waals surface area contributed by atoms with Gasteiger partial charge in [-0.25, -0.2) is 0 Å². The minimum atomic E-state index is -0.250. The van der Waals surface area contributed by atoms with Crippen LogP contribution < -0.4 is 4.74 Å². The topological polar surface area (TPSA) is 62.5 Å². The average molecular weight is 233 g/mol. The van der Waals surface area contributed by atoms with Crippen LogP contribution in [0, 0.1) is 23.7 Å². The minimum Gasteiger partial charge on any atom is -0.492 e. The number of ether oxygens (including phenoxy) is 2. The molecule has 4 heteroatoms. The lowest BCUT2D eigenvalue weighted by molar-refractivity contribution is -0.153. The van der Waals surface area contributed by atoms with Gasteiger partial charge in [-0.15, -0.1) is 0 Å². The van der Waals surface area contributed by atoms with E-state index in [1.54, 1.807) is 18.2 Å². The molecular formula is C13H15NO3. The van der Waals surface area contributed by atoms with Crippen molar-refractivity contribution in [1.29, 1.82) is 5.26 Å². The molecular weight excluding hydrogens is 218 g/mol. The summed E-state index contributed by atoms with van der Waals surface area (Å²) >= 11 is 0. The van der Waals surface area contributed by atoms with Gasteiger partial charge < -0.3 is 14.6 Å². The second-order valence-corrected chi connectivity index (χ2v) is 4.53. The van der Waals surface area contributed by atoms with Crippen LogP contribution in [-0.2, 0) is 4.74 Å². The highest BCUT2D eigenvalue weighted by Crippen LogP contribution is 2.29. The maximum atomic E-state index is 9.26. The van der Waals surface area contributed by atoms with E-state index in [0.717, 1.165) is 11.3 Å². The average Bonchev–Trinajstić information content (AvgIpc) is 2.30. The van der Waals surface area contributed by atoms with Gasteiger partial charge in [0.1, 0.15) is 12.4 Å². The number of nitrogens with zero attached hydrogens (tertiary/aromatic N) is 1. The Kier molecular flexibility index (Phi) is 3.32. The van der Waals surface area contributed by atoms with Crippen LogP contribution in [0.1, 0.15) is 11.1 Å². The molecule has 1 aliphatic heterocycles. The summed E-state index contributed by atoms with van der Waals surface area (Å²) in [6.07, 6.45) is 0. The summed E-state index contributed by atoms with van der Waals surface area (Å²) in [6.45, 7) is 3.50. The first-order valence-electron chi connectivity index (χ1n) is 5.51. The first-order chi connectivity index (χ1) is 8.19. The van der Waals surface area contributed by atoms with Gasteiger partial charge in [0.2, 0.25) is 0 Å². The highest BCUT2D eigenvalue weighted by Gasteiger charge is 2.39. The zero-order chi connectivity index (χ0) is 12.3. The van der Waals surface area contributed by atoms with Crippen molar-refractivity contribution in [3.63, 3.8) is 0 Å². The van der Waals surface area contributed by atoms with Crippen LogP contribution in [0.5, 0.6) is 5.75 Å². The molecule has 0 unspecified atom stereocenters. The lowest BCUT2D eigenvalue weighted by Gasteiger charge is -2.39. The van der Waals surface area contributed by atoms with Gasteiger partial charge in [-0.3, -0.25) is 0 Å². The van der Waals surface area contributed by atoms with Crippen LogP contribution in [0.4, 0.5) is 0 Å². The largest absolute Gasteiger partial charge is 0.492 e. The third kappa shape index (κ3) is 2.41. The molecule has 90 valence electrons. The van der Waals surface area contributed by atoms with E-state index in [0.29, 0.717) is 25.4 Å². The SMILES string of the molecule is Cc1cc(C#N)ccc1OCC1(CO)COC1. The summed E-state index contributed by atoms with van der Waals surface area (Å²) in [5.41, 5.74) is 1.30. The van der Waals surface area contributed by atoms with E-state index in [-0.39, 0.29) is 12.0 Å². The van der Waals surface area contributed by atoms with E-state index in [9.17, 15) is 5.11 Å². The van der Waals surface area contributed by atoms with Gasteiger partial charge in [-0.05, 0) is 30.7 Å². The molecule has 1 aliphatic rings. The molecule has 0 amide bonds. The number of rotatable bonds is 4. The fraction of sp³-hybridized carbons (Fsp3) is 0.462. The van der Waals surface area contributed by atoms with Crippen molar-refractivity contribution in [2.24, 2.45) is 5.41 Å². The summed E-state index contributed by atoms with van der Waals surface area (Å²) in [4.78, 5) is 0. The van der Waals surface area contributed by atoms with Crippen molar-refractivity contribution in [3.8, 4) is 11.8 Å². The van der Waals surface area contributed by atoms with E-state index in [1.807, 2.05) is 6.92 Å². The van der Waals surface area contributed by atoms with Crippen LogP contribution >= 0.6 is 0 Å². The van der Waals surface area contributed by atoms with Gasteiger partial charge in [0.05, 0.1) is 36.9 Å². The molecule has 0 bridgehead atoms. The lowest BCUT2D eigenvalue weighted by Crippen LogP contribution is -2.49. The predicted molar refractivity (Wildman–Crippen MR) is 61.7 cm³/mol. The molecule has 17 heavy (non-hydrogen) atoms. The maximum Gasteiger partial charge on any atom is 0.122 e. The normalized spacial score (nSPS) is 17.0. The van der Waals surface area contributed by atoms with Gasteiger partial charge in [0.15, 0.2) is 0 Å². The number of aliphatic hydroxyl groups is 1. The summed E-state index contributed by atoms with van der Waals surface area (Å²) in [5, 5.41) is 18.0. The highest BCUT2D eigenvalue weighted by molar-refractivity contribution is 5.41. The molecule has 1 aromatic rings. The van der Waals surface area contributed by atoms with Crippen molar-refractivity contribution in [1.82, 2.24) is 0 Å². The van der Waals surface area contributed by atoms with E-state index >= 15 is 0 Å². The third-order valence-electron chi connectivity index (χ3n) is 2.99. The van der Waals surface area contributed by atoms with E-state index in [4.69, 9.17) is 14.7 Å². The molecule has 1 aromatic carbocycles. The Labute approximate surface area is 100 Å². The Balaban J connectivity index is 2.02. The Morgan fingerprint density at radius 3 is 2.76 bits per heavy atom. The Bertz CT molecular complexity index is 441. The molecule has 0 atom stereocenters. The number of hydrogen-bond acceptors (Lipinski definition) is 4. The number of aryl methyl sites for hydroxylation is 1. The molecule has 0 spiro atoms. The number of aliphatic hydroxyl groups excluding tert-OH is 1. The summed E-state index contributed by atoms with van der Waals surface area (Å²) in [7, 11) is 0. The zero-order valence-electron chi connectivity index (χ0n) is 9.77. The smallest absolute Gasteiger partial charge is 0.122 e. The van der Waals surface area contributed by atoms with E-state index in [1.165, 1.54) is 0 Å². The van der Waals surface area contributed by atoms with Gasteiger partial charge in [0, 0.05) is 0 Å². The van der Waals surface area contributed by atoms with Crippen LogP contribution in [0.3, 0.4) is 0 Å². The number of benzene rings is 1. The van der Waals surface area contributed by atoms with Crippen LogP contribution in [0.2, 0.25) is 0 Å². The predicted octanol–water partition coefficient (Wildman–Crippen LogP) is 1.25. The summed E-state index contributed by atoms with van der Waals surface area (Å²) < 4.78 is 10.8. The number of hydrogen-bond donors (Lipinski definition) is 1. The molecule has 0 radical (unpaired) electrons. The second kappa shape index (κ2) is 4.74. The maximum absolute atomic E-state index is 9.26.